The maximum atomic E-state index is 6.46. The zero-order valence-electron chi connectivity index (χ0n) is 12.1. The summed E-state index contributed by atoms with van der Waals surface area (Å²) in [6, 6.07) is -0.365. The van der Waals surface area contributed by atoms with Crippen LogP contribution in [0.2, 0.25) is 0 Å². The molecular formula is C14H18N6O. The van der Waals surface area contributed by atoms with Gasteiger partial charge in [-0.05, 0) is 6.42 Å². The van der Waals surface area contributed by atoms with Crippen LogP contribution in [0.5, 0.6) is 5.75 Å². The molecule has 110 valence electrons. The van der Waals surface area contributed by atoms with E-state index in [1.54, 1.807) is 42.6 Å². The molecule has 0 radical (unpaired) electrons. The number of aryl methyl sites for hydroxylation is 1. The van der Waals surface area contributed by atoms with E-state index < -0.39 is 0 Å². The molecule has 0 aromatic carbocycles. The van der Waals surface area contributed by atoms with E-state index in [1.165, 1.54) is 0 Å². The van der Waals surface area contributed by atoms with E-state index in [0.717, 1.165) is 29.7 Å². The second-order valence-corrected chi connectivity index (χ2v) is 4.81. The minimum atomic E-state index is -0.365. The number of nitrogens with zero attached hydrogens (tertiary/aromatic N) is 5. The zero-order chi connectivity index (χ0) is 14.8. The van der Waals surface area contributed by atoms with Crippen LogP contribution in [0.4, 0.5) is 0 Å². The van der Waals surface area contributed by atoms with E-state index in [2.05, 4.69) is 22.1 Å². The summed E-state index contributed by atoms with van der Waals surface area (Å²) in [4.78, 5) is 4.14. The largest absolute Gasteiger partial charge is 0.493 e. The molecule has 0 aliphatic rings. The van der Waals surface area contributed by atoms with Gasteiger partial charge in [0.25, 0.3) is 0 Å². The Morgan fingerprint density at radius 3 is 2.90 bits per heavy atom. The van der Waals surface area contributed by atoms with Crippen LogP contribution < -0.4 is 10.5 Å². The molecule has 3 aromatic heterocycles. The number of hydrogen-bond acceptors (Lipinski definition) is 5. The maximum Gasteiger partial charge on any atom is 0.161 e. The molecule has 0 aliphatic carbocycles. The van der Waals surface area contributed by atoms with Gasteiger partial charge in [0.05, 0.1) is 37.3 Å². The summed E-state index contributed by atoms with van der Waals surface area (Å²) in [5.74, 6) is 0.694. The van der Waals surface area contributed by atoms with Crippen LogP contribution in [0.3, 0.4) is 0 Å². The Kier molecular flexibility index (Phi) is 3.57. The van der Waals surface area contributed by atoms with Gasteiger partial charge >= 0.3 is 0 Å². The Hall–Kier alpha value is -2.41. The van der Waals surface area contributed by atoms with E-state index in [-0.39, 0.29) is 6.04 Å². The van der Waals surface area contributed by atoms with Crippen molar-refractivity contribution in [3.8, 4) is 5.75 Å². The number of hydrogen-bond donors (Lipinski definition) is 1. The van der Waals surface area contributed by atoms with Gasteiger partial charge in [-0.25, -0.2) is 4.52 Å². The van der Waals surface area contributed by atoms with E-state index in [9.17, 15) is 0 Å². The predicted molar refractivity (Wildman–Crippen MR) is 78.1 cm³/mol. The van der Waals surface area contributed by atoms with Gasteiger partial charge < -0.3 is 10.5 Å². The third-order valence-electron chi connectivity index (χ3n) is 3.48. The minimum Gasteiger partial charge on any atom is -0.493 e. The standard InChI is InChI=1S/C14H18N6O/c1-3-5-20-14(12(21-2)9-18-20)13(15)10-7-17-19-6-4-16-8-11(10)19/h4,6-9,13H,3,5,15H2,1-2H3. The lowest BCUT2D eigenvalue weighted by molar-refractivity contribution is 0.404. The monoisotopic (exact) mass is 286 g/mol. The van der Waals surface area contributed by atoms with Gasteiger partial charge in [-0.2, -0.15) is 10.2 Å². The third-order valence-corrected chi connectivity index (χ3v) is 3.48. The predicted octanol–water partition coefficient (Wildman–Crippen LogP) is 1.39. The van der Waals surface area contributed by atoms with Crippen molar-refractivity contribution < 1.29 is 4.74 Å². The van der Waals surface area contributed by atoms with Crippen LogP contribution in [0.15, 0.2) is 31.0 Å². The highest BCUT2D eigenvalue weighted by molar-refractivity contribution is 5.56. The van der Waals surface area contributed by atoms with Crippen molar-refractivity contribution in [2.45, 2.75) is 25.9 Å². The van der Waals surface area contributed by atoms with Crippen LogP contribution in [0, 0.1) is 0 Å². The van der Waals surface area contributed by atoms with Crippen molar-refractivity contribution >= 4 is 5.52 Å². The van der Waals surface area contributed by atoms with Gasteiger partial charge in [0.2, 0.25) is 0 Å². The summed E-state index contributed by atoms with van der Waals surface area (Å²) in [5.41, 5.74) is 9.10. The molecule has 21 heavy (non-hydrogen) atoms. The van der Waals surface area contributed by atoms with Crippen molar-refractivity contribution in [1.82, 2.24) is 24.4 Å². The normalized spacial score (nSPS) is 12.7. The van der Waals surface area contributed by atoms with Crippen molar-refractivity contribution in [3.63, 3.8) is 0 Å². The molecule has 0 amide bonds. The number of fused-ring (bicyclic) bond motifs is 1. The fourth-order valence-corrected chi connectivity index (χ4v) is 2.48. The molecular weight excluding hydrogens is 268 g/mol. The van der Waals surface area contributed by atoms with Crippen molar-refractivity contribution in [2.75, 3.05) is 7.11 Å². The van der Waals surface area contributed by atoms with Gasteiger partial charge in [0, 0.05) is 24.5 Å². The second-order valence-electron chi connectivity index (χ2n) is 4.81. The highest BCUT2D eigenvalue weighted by atomic mass is 16.5. The van der Waals surface area contributed by atoms with Gasteiger partial charge in [-0.1, -0.05) is 6.92 Å². The van der Waals surface area contributed by atoms with Crippen LogP contribution in [-0.2, 0) is 6.54 Å². The topological polar surface area (TPSA) is 83.3 Å². The number of rotatable bonds is 5. The second kappa shape index (κ2) is 5.53. The van der Waals surface area contributed by atoms with Crippen molar-refractivity contribution in [3.05, 3.63) is 42.2 Å². The number of ether oxygens (including phenoxy) is 1. The molecule has 7 nitrogen and oxygen atoms in total. The highest BCUT2D eigenvalue weighted by Gasteiger charge is 2.23. The van der Waals surface area contributed by atoms with Crippen LogP contribution in [0.1, 0.15) is 30.6 Å². The fraction of sp³-hybridized carbons (Fsp3) is 0.357. The van der Waals surface area contributed by atoms with Crippen molar-refractivity contribution in [1.29, 1.82) is 0 Å². The molecule has 0 saturated heterocycles. The van der Waals surface area contributed by atoms with E-state index in [0.29, 0.717) is 5.75 Å². The number of methoxy groups -OCH3 is 1. The summed E-state index contributed by atoms with van der Waals surface area (Å²) >= 11 is 0. The number of aromatic nitrogens is 5. The first-order valence-corrected chi connectivity index (χ1v) is 6.88. The highest BCUT2D eigenvalue weighted by Crippen LogP contribution is 2.30. The summed E-state index contributed by atoms with van der Waals surface area (Å²) < 4.78 is 9.05. The molecule has 7 heteroatoms. The first kappa shape index (κ1) is 13.6. The molecule has 1 unspecified atom stereocenters. The smallest absolute Gasteiger partial charge is 0.161 e. The Balaban J connectivity index is 2.09. The summed E-state index contributed by atoms with van der Waals surface area (Å²) in [5, 5.41) is 8.66. The lowest BCUT2D eigenvalue weighted by Crippen LogP contribution is -2.18. The molecule has 0 saturated carbocycles. The molecule has 2 N–H and O–H groups in total. The van der Waals surface area contributed by atoms with E-state index in [4.69, 9.17) is 10.5 Å². The Morgan fingerprint density at radius 1 is 1.29 bits per heavy atom. The van der Waals surface area contributed by atoms with Gasteiger partial charge in [-0.15, -0.1) is 0 Å². The third kappa shape index (κ3) is 2.25. The maximum absolute atomic E-state index is 6.46. The quantitative estimate of drug-likeness (QED) is 0.766. The lowest BCUT2D eigenvalue weighted by atomic mass is 10.1. The van der Waals surface area contributed by atoms with Crippen LogP contribution in [-0.4, -0.2) is 31.5 Å². The number of nitrogens with two attached hydrogens (primary N) is 1. The molecule has 0 aliphatic heterocycles. The zero-order valence-corrected chi connectivity index (χ0v) is 12.1. The van der Waals surface area contributed by atoms with E-state index in [1.807, 2.05) is 4.68 Å². The summed E-state index contributed by atoms with van der Waals surface area (Å²) in [6.07, 6.45) is 9.69. The fourth-order valence-electron chi connectivity index (χ4n) is 2.48. The first-order valence-electron chi connectivity index (χ1n) is 6.88. The van der Waals surface area contributed by atoms with Crippen molar-refractivity contribution in [2.24, 2.45) is 5.73 Å². The Bertz CT molecular complexity index is 747. The molecule has 3 rings (SSSR count). The lowest BCUT2D eigenvalue weighted by Gasteiger charge is -2.14. The SMILES string of the molecule is CCCn1ncc(OC)c1C(N)c1cnn2ccncc12. The molecule has 3 heterocycles. The van der Waals surface area contributed by atoms with Gasteiger partial charge in [-0.3, -0.25) is 9.67 Å². The van der Waals surface area contributed by atoms with E-state index >= 15 is 0 Å². The summed E-state index contributed by atoms with van der Waals surface area (Å²) in [6.45, 7) is 2.90. The van der Waals surface area contributed by atoms with Crippen LogP contribution in [0.25, 0.3) is 5.52 Å². The average Bonchev–Trinajstić information content (AvgIpc) is 3.10. The molecule has 0 spiro atoms. The Labute approximate surface area is 122 Å². The molecule has 0 fully saturated rings. The molecule has 3 aromatic rings. The summed E-state index contributed by atoms with van der Waals surface area (Å²) in [7, 11) is 1.63. The molecule has 0 bridgehead atoms. The van der Waals surface area contributed by atoms with Gasteiger partial charge in [0.15, 0.2) is 5.75 Å². The molecule has 1 atom stereocenters. The Morgan fingerprint density at radius 2 is 2.14 bits per heavy atom. The average molecular weight is 286 g/mol. The van der Waals surface area contributed by atoms with Gasteiger partial charge in [0.1, 0.15) is 5.69 Å². The first-order chi connectivity index (χ1) is 10.3. The minimum absolute atomic E-state index is 0.365. The van der Waals surface area contributed by atoms with Crippen LogP contribution >= 0.6 is 0 Å².